The first-order valence-corrected chi connectivity index (χ1v) is 11.1. The van der Waals surface area contributed by atoms with Crippen molar-refractivity contribution in [2.24, 2.45) is 11.8 Å². The largest absolute Gasteiger partial charge is 0.391 e. The van der Waals surface area contributed by atoms with E-state index in [1.54, 1.807) is 0 Å². The van der Waals surface area contributed by atoms with Crippen molar-refractivity contribution in [3.63, 3.8) is 0 Å². The Morgan fingerprint density at radius 3 is 2.62 bits per heavy atom. The van der Waals surface area contributed by atoms with Gasteiger partial charge in [-0.1, -0.05) is 33.1 Å². The van der Waals surface area contributed by atoms with Crippen molar-refractivity contribution in [3.05, 3.63) is 11.6 Å². The van der Waals surface area contributed by atoms with E-state index in [0.29, 0.717) is 44.9 Å². The van der Waals surface area contributed by atoms with E-state index in [0.717, 1.165) is 24.5 Å². The molecule has 2 fully saturated rings. The van der Waals surface area contributed by atoms with Gasteiger partial charge in [0.05, 0.1) is 18.7 Å². The molecule has 2 aliphatic heterocycles. The van der Waals surface area contributed by atoms with Gasteiger partial charge < -0.3 is 19.5 Å². The number of hydrogen-bond donors (Lipinski definition) is 1. The molecule has 1 saturated carbocycles. The van der Waals surface area contributed by atoms with Gasteiger partial charge in [0, 0.05) is 38.4 Å². The van der Waals surface area contributed by atoms with Crippen molar-refractivity contribution in [1.29, 1.82) is 0 Å². The van der Waals surface area contributed by atoms with Crippen molar-refractivity contribution >= 4 is 11.8 Å². The number of carbonyl (C=O) groups excluding carboxylic acids is 2. The Morgan fingerprint density at radius 1 is 1.14 bits per heavy atom. The summed E-state index contributed by atoms with van der Waals surface area (Å²) in [7, 11) is 0. The highest BCUT2D eigenvalue weighted by Crippen LogP contribution is 2.35. The van der Waals surface area contributed by atoms with Gasteiger partial charge in [-0.15, -0.1) is 10.2 Å². The zero-order chi connectivity index (χ0) is 20.5. The first-order chi connectivity index (χ1) is 13.9. The molecule has 29 heavy (non-hydrogen) atoms. The lowest BCUT2D eigenvalue weighted by atomic mass is 9.86. The molecule has 8 nitrogen and oxygen atoms in total. The molecule has 160 valence electrons. The molecule has 0 spiro atoms. The summed E-state index contributed by atoms with van der Waals surface area (Å²) in [4.78, 5) is 29.0. The van der Waals surface area contributed by atoms with Crippen LogP contribution in [0.5, 0.6) is 0 Å². The Morgan fingerprint density at radius 2 is 1.90 bits per heavy atom. The lowest BCUT2D eigenvalue weighted by molar-refractivity contribution is -0.136. The van der Waals surface area contributed by atoms with Gasteiger partial charge in [0.1, 0.15) is 0 Å². The predicted molar refractivity (Wildman–Crippen MR) is 107 cm³/mol. The third kappa shape index (κ3) is 4.17. The summed E-state index contributed by atoms with van der Waals surface area (Å²) in [5.74, 6) is 2.20. The van der Waals surface area contributed by atoms with Gasteiger partial charge in [-0.2, -0.15) is 0 Å². The van der Waals surface area contributed by atoms with Gasteiger partial charge in [0.15, 0.2) is 11.6 Å². The highest BCUT2D eigenvalue weighted by Gasteiger charge is 2.40. The molecule has 3 heterocycles. The summed E-state index contributed by atoms with van der Waals surface area (Å²) in [5, 5.41) is 19.0. The second-order valence-electron chi connectivity index (χ2n) is 9.20. The third-order valence-electron chi connectivity index (χ3n) is 6.67. The van der Waals surface area contributed by atoms with Crippen LogP contribution in [0.15, 0.2) is 0 Å². The van der Waals surface area contributed by atoms with Crippen molar-refractivity contribution in [2.45, 2.75) is 84.0 Å². The second kappa shape index (κ2) is 8.42. The standard InChI is InChI=1S/C21H33N5O3/c1-14(2)21(29)24-8-9-25-18(13-24)22-23-20(25)17-11-16(27)12-26(17)19(28)10-15-6-4-3-5-7-15/h14-17,27H,3-13H2,1-2H3/t16-,17-/m0/s1. The van der Waals surface area contributed by atoms with Crippen LogP contribution in [0.2, 0.25) is 0 Å². The number of aromatic nitrogens is 3. The summed E-state index contributed by atoms with van der Waals surface area (Å²) in [6, 6.07) is -0.227. The zero-order valence-corrected chi connectivity index (χ0v) is 17.6. The predicted octanol–water partition coefficient (Wildman–Crippen LogP) is 1.88. The number of aliphatic hydroxyl groups excluding tert-OH is 1. The van der Waals surface area contributed by atoms with E-state index in [1.165, 1.54) is 19.3 Å². The van der Waals surface area contributed by atoms with E-state index in [4.69, 9.17) is 0 Å². The minimum absolute atomic E-state index is 0.0400. The molecule has 1 aromatic heterocycles. The Labute approximate surface area is 172 Å². The van der Waals surface area contributed by atoms with Crippen molar-refractivity contribution in [3.8, 4) is 0 Å². The number of aliphatic hydroxyl groups is 1. The van der Waals surface area contributed by atoms with E-state index in [-0.39, 0.29) is 23.8 Å². The van der Waals surface area contributed by atoms with E-state index in [9.17, 15) is 14.7 Å². The minimum atomic E-state index is -0.522. The Hall–Kier alpha value is -1.96. The fourth-order valence-corrected chi connectivity index (χ4v) is 5.07. The lowest BCUT2D eigenvalue weighted by Crippen LogP contribution is -2.41. The van der Waals surface area contributed by atoms with Gasteiger partial charge >= 0.3 is 0 Å². The smallest absolute Gasteiger partial charge is 0.225 e. The van der Waals surface area contributed by atoms with Crippen LogP contribution in [0.3, 0.4) is 0 Å². The van der Waals surface area contributed by atoms with Crippen molar-refractivity contribution in [1.82, 2.24) is 24.6 Å². The SMILES string of the molecule is CC(C)C(=O)N1CCn2c(nnc2[C@@H]2C[C@H](O)CN2C(=O)CC2CCCCC2)C1. The molecular formula is C21H33N5O3. The molecule has 2 atom stereocenters. The van der Waals surface area contributed by atoms with Crippen LogP contribution in [0.4, 0.5) is 0 Å². The molecular weight excluding hydrogens is 370 g/mol. The first kappa shape index (κ1) is 20.3. The number of likely N-dealkylation sites (tertiary alicyclic amines) is 1. The van der Waals surface area contributed by atoms with Crippen molar-refractivity contribution in [2.75, 3.05) is 13.1 Å². The molecule has 8 heteroatoms. The summed E-state index contributed by atoms with van der Waals surface area (Å²) < 4.78 is 2.05. The Bertz CT molecular complexity index is 755. The summed E-state index contributed by atoms with van der Waals surface area (Å²) in [6.45, 7) is 5.89. The van der Waals surface area contributed by atoms with Gasteiger partial charge in [-0.3, -0.25) is 9.59 Å². The fourth-order valence-electron chi connectivity index (χ4n) is 5.07. The number of fused-ring (bicyclic) bond motifs is 1. The van der Waals surface area contributed by atoms with E-state index < -0.39 is 6.10 Å². The maximum absolute atomic E-state index is 13.1. The maximum Gasteiger partial charge on any atom is 0.225 e. The minimum Gasteiger partial charge on any atom is -0.391 e. The maximum atomic E-state index is 13.1. The topological polar surface area (TPSA) is 91.6 Å². The number of nitrogens with zero attached hydrogens (tertiary/aromatic N) is 5. The van der Waals surface area contributed by atoms with E-state index in [2.05, 4.69) is 10.2 Å². The number of carbonyl (C=O) groups is 2. The van der Waals surface area contributed by atoms with Crippen LogP contribution in [0.1, 0.15) is 76.5 Å². The third-order valence-corrected chi connectivity index (χ3v) is 6.67. The van der Waals surface area contributed by atoms with E-state index >= 15 is 0 Å². The van der Waals surface area contributed by atoms with Crippen LogP contribution in [0, 0.1) is 11.8 Å². The number of amides is 2. The summed E-state index contributed by atoms with van der Waals surface area (Å²) >= 11 is 0. The van der Waals surface area contributed by atoms with Crippen LogP contribution in [-0.4, -0.2) is 60.7 Å². The van der Waals surface area contributed by atoms with Gasteiger partial charge in [-0.25, -0.2) is 0 Å². The average molecular weight is 404 g/mol. The summed E-state index contributed by atoms with van der Waals surface area (Å²) in [5.41, 5.74) is 0. The van der Waals surface area contributed by atoms with Crippen LogP contribution < -0.4 is 0 Å². The molecule has 3 aliphatic rings. The molecule has 0 bridgehead atoms. The quantitative estimate of drug-likeness (QED) is 0.829. The molecule has 1 saturated heterocycles. The number of β-amino-alcohol motifs (C(OH)–C–C–N with tert-alkyl or cyclic N) is 1. The lowest BCUT2D eigenvalue weighted by Gasteiger charge is -2.31. The molecule has 1 N–H and O–H groups in total. The highest BCUT2D eigenvalue weighted by molar-refractivity contribution is 5.78. The van der Waals surface area contributed by atoms with Gasteiger partial charge in [0.2, 0.25) is 11.8 Å². The normalized spacial score (nSPS) is 25.5. The molecule has 4 rings (SSSR count). The molecule has 1 aliphatic carbocycles. The Balaban J connectivity index is 1.49. The van der Waals surface area contributed by atoms with Crippen LogP contribution in [0.25, 0.3) is 0 Å². The molecule has 2 amide bonds. The van der Waals surface area contributed by atoms with Gasteiger partial charge in [-0.05, 0) is 18.8 Å². The van der Waals surface area contributed by atoms with E-state index in [1.807, 2.05) is 28.2 Å². The monoisotopic (exact) mass is 403 g/mol. The molecule has 0 aromatic carbocycles. The first-order valence-electron chi connectivity index (χ1n) is 11.1. The molecule has 0 unspecified atom stereocenters. The van der Waals surface area contributed by atoms with Gasteiger partial charge in [0.25, 0.3) is 0 Å². The average Bonchev–Trinajstić information content (AvgIpc) is 3.30. The van der Waals surface area contributed by atoms with Crippen LogP contribution in [-0.2, 0) is 22.7 Å². The zero-order valence-electron chi connectivity index (χ0n) is 17.6. The van der Waals surface area contributed by atoms with Crippen LogP contribution >= 0.6 is 0 Å². The second-order valence-corrected chi connectivity index (χ2v) is 9.20. The fraction of sp³-hybridized carbons (Fsp3) is 0.810. The number of rotatable bonds is 4. The summed E-state index contributed by atoms with van der Waals surface area (Å²) in [6.07, 6.45) is 6.52. The molecule has 1 aromatic rings. The van der Waals surface area contributed by atoms with Crippen molar-refractivity contribution < 1.29 is 14.7 Å². The number of hydrogen-bond acceptors (Lipinski definition) is 5. The molecule has 0 radical (unpaired) electrons. The Kier molecular flexibility index (Phi) is 5.90. The highest BCUT2D eigenvalue weighted by atomic mass is 16.3.